The Morgan fingerprint density at radius 3 is 2.76 bits per heavy atom. The van der Waals surface area contributed by atoms with Crippen LogP contribution in [-0.4, -0.2) is 47.8 Å². The van der Waals surface area contributed by atoms with Crippen molar-refractivity contribution in [3.05, 3.63) is 29.6 Å². The van der Waals surface area contributed by atoms with Crippen molar-refractivity contribution in [3.8, 4) is 0 Å². The number of carboxylic acids is 1. The van der Waals surface area contributed by atoms with Crippen molar-refractivity contribution < 1.29 is 14.6 Å². The fourth-order valence-electron chi connectivity index (χ4n) is 1.44. The molecule has 0 saturated heterocycles. The van der Waals surface area contributed by atoms with Crippen LogP contribution >= 0.6 is 0 Å². The molecule has 0 fully saturated rings. The maximum Gasteiger partial charge on any atom is 0.337 e. The second kappa shape index (κ2) is 6.98. The molecule has 0 aliphatic carbocycles. The summed E-state index contributed by atoms with van der Waals surface area (Å²) in [5.74, 6) is -0.948. The Labute approximate surface area is 101 Å². The van der Waals surface area contributed by atoms with Crippen molar-refractivity contribution in [2.45, 2.75) is 13.5 Å². The molecular weight excluding hydrogens is 220 g/mol. The van der Waals surface area contributed by atoms with Gasteiger partial charge in [-0.25, -0.2) is 4.79 Å². The van der Waals surface area contributed by atoms with E-state index < -0.39 is 5.97 Å². The van der Waals surface area contributed by atoms with E-state index in [-0.39, 0.29) is 5.56 Å². The fraction of sp³-hybridized carbons (Fsp3) is 0.500. The van der Waals surface area contributed by atoms with Gasteiger partial charge in [-0.3, -0.25) is 9.88 Å². The summed E-state index contributed by atoms with van der Waals surface area (Å²) >= 11 is 0. The van der Waals surface area contributed by atoms with E-state index in [0.29, 0.717) is 13.2 Å². The van der Waals surface area contributed by atoms with Crippen LogP contribution in [0.3, 0.4) is 0 Å². The first-order chi connectivity index (χ1) is 8.17. The van der Waals surface area contributed by atoms with Gasteiger partial charge in [0.05, 0.1) is 17.9 Å². The van der Waals surface area contributed by atoms with Crippen molar-refractivity contribution in [3.63, 3.8) is 0 Å². The monoisotopic (exact) mass is 238 g/mol. The standard InChI is InChI=1S/C12H18N2O3/c1-3-14(6-7-17-2)9-11-5-4-10(8-13-11)12(15)16/h4-5,8H,3,6-7,9H2,1-2H3,(H,15,16). The third-order valence-corrected chi connectivity index (χ3v) is 2.52. The molecule has 1 rings (SSSR count). The maximum atomic E-state index is 10.7. The quantitative estimate of drug-likeness (QED) is 0.774. The summed E-state index contributed by atoms with van der Waals surface area (Å²) in [5.41, 5.74) is 1.08. The molecule has 0 aliphatic heterocycles. The number of hydrogen-bond donors (Lipinski definition) is 1. The Kier molecular flexibility index (Phi) is 5.59. The summed E-state index contributed by atoms with van der Waals surface area (Å²) in [6.45, 7) is 5.21. The van der Waals surface area contributed by atoms with Crippen LogP contribution < -0.4 is 0 Å². The highest BCUT2D eigenvalue weighted by Gasteiger charge is 2.06. The molecule has 0 spiro atoms. The van der Waals surface area contributed by atoms with E-state index in [9.17, 15) is 4.79 Å². The lowest BCUT2D eigenvalue weighted by molar-refractivity contribution is 0.0696. The summed E-state index contributed by atoms with van der Waals surface area (Å²) in [6, 6.07) is 3.33. The molecule has 0 atom stereocenters. The molecule has 5 heteroatoms. The van der Waals surface area contributed by atoms with Crippen LogP contribution in [0.5, 0.6) is 0 Å². The van der Waals surface area contributed by atoms with Crippen molar-refractivity contribution in [1.29, 1.82) is 0 Å². The predicted octanol–water partition coefficient (Wildman–Crippen LogP) is 1.25. The second-order valence-corrected chi connectivity index (χ2v) is 3.70. The Balaban J connectivity index is 2.57. The van der Waals surface area contributed by atoms with Crippen LogP contribution in [-0.2, 0) is 11.3 Å². The highest BCUT2D eigenvalue weighted by molar-refractivity contribution is 5.87. The molecule has 0 aliphatic rings. The highest BCUT2D eigenvalue weighted by atomic mass is 16.5. The van der Waals surface area contributed by atoms with Gasteiger partial charge in [0.2, 0.25) is 0 Å². The zero-order valence-electron chi connectivity index (χ0n) is 10.2. The maximum absolute atomic E-state index is 10.7. The number of rotatable bonds is 7. The number of ether oxygens (including phenoxy) is 1. The van der Waals surface area contributed by atoms with Gasteiger partial charge in [0.25, 0.3) is 0 Å². The first-order valence-corrected chi connectivity index (χ1v) is 5.57. The van der Waals surface area contributed by atoms with Crippen LogP contribution in [0.4, 0.5) is 0 Å². The molecule has 1 aromatic heterocycles. The fourth-order valence-corrected chi connectivity index (χ4v) is 1.44. The highest BCUT2D eigenvalue weighted by Crippen LogP contribution is 2.04. The Morgan fingerprint density at radius 2 is 2.29 bits per heavy atom. The molecule has 5 nitrogen and oxygen atoms in total. The Morgan fingerprint density at radius 1 is 1.53 bits per heavy atom. The van der Waals surface area contributed by atoms with E-state index in [4.69, 9.17) is 9.84 Å². The zero-order chi connectivity index (χ0) is 12.7. The van der Waals surface area contributed by atoms with E-state index in [2.05, 4.69) is 16.8 Å². The van der Waals surface area contributed by atoms with E-state index in [1.807, 2.05) is 0 Å². The van der Waals surface area contributed by atoms with Crippen molar-refractivity contribution >= 4 is 5.97 Å². The number of methoxy groups -OCH3 is 1. The lowest BCUT2D eigenvalue weighted by Crippen LogP contribution is -2.27. The van der Waals surface area contributed by atoms with E-state index in [1.165, 1.54) is 6.20 Å². The zero-order valence-corrected chi connectivity index (χ0v) is 10.2. The topological polar surface area (TPSA) is 62.7 Å². The van der Waals surface area contributed by atoms with Gasteiger partial charge >= 0.3 is 5.97 Å². The SMILES string of the molecule is CCN(CCOC)Cc1ccc(C(=O)O)cn1. The summed E-state index contributed by atoms with van der Waals surface area (Å²) in [7, 11) is 1.67. The van der Waals surface area contributed by atoms with Crippen LogP contribution in [0, 0.1) is 0 Å². The molecule has 0 aromatic carbocycles. The average molecular weight is 238 g/mol. The minimum Gasteiger partial charge on any atom is -0.478 e. The molecule has 0 bridgehead atoms. The smallest absolute Gasteiger partial charge is 0.337 e. The van der Waals surface area contributed by atoms with Crippen LogP contribution in [0.25, 0.3) is 0 Å². The third-order valence-electron chi connectivity index (χ3n) is 2.52. The Bertz CT molecular complexity index is 351. The van der Waals surface area contributed by atoms with Gasteiger partial charge in [-0.2, -0.15) is 0 Å². The second-order valence-electron chi connectivity index (χ2n) is 3.70. The van der Waals surface area contributed by atoms with Gasteiger partial charge < -0.3 is 9.84 Å². The van der Waals surface area contributed by atoms with E-state index in [1.54, 1.807) is 19.2 Å². The third kappa shape index (κ3) is 4.50. The van der Waals surface area contributed by atoms with Gasteiger partial charge in [-0.05, 0) is 18.7 Å². The van der Waals surface area contributed by atoms with E-state index in [0.717, 1.165) is 18.8 Å². The van der Waals surface area contributed by atoms with Gasteiger partial charge in [-0.1, -0.05) is 6.92 Å². The van der Waals surface area contributed by atoms with Gasteiger partial charge in [-0.15, -0.1) is 0 Å². The number of hydrogen-bond acceptors (Lipinski definition) is 4. The van der Waals surface area contributed by atoms with Crippen molar-refractivity contribution in [2.75, 3.05) is 26.8 Å². The molecule has 17 heavy (non-hydrogen) atoms. The van der Waals surface area contributed by atoms with Crippen LogP contribution in [0.1, 0.15) is 23.0 Å². The number of pyridine rings is 1. The van der Waals surface area contributed by atoms with Crippen molar-refractivity contribution in [1.82, 2.24) is 9.88 Å². The molecule has 94 valence electrons. The number of likely N-dealkylation sites (N-methyl/N-ethyl adjacent to an activating group) is 1. The summed E-state index contributed by atoms with van der Waals surface area (Å²) in [4.78, 5) is 17.0. The lowest BCUT2D eigenvalue weighted by Gasteiger charge is -2.19. The van der Waals surface area contributed by atoms with Crippen LogP contribution in [0.15, 0.2) is 18.3 Å². The summed E-state index contributed by atoms with van der Waals surface area (Å²) < 4.78 is 5.02. The average Bonchev–Trinajstić information content (AvgIpc) is 2.35. The van der Waals surface area contributed by atoms with Gasteiger partial charge in [0.1, 0.15) is 0 Å². The largest absolute Gasteiger partial charge is 0.478 e. The molecule has 0 radical (unpaired) electrons. The minimum atomic E-state index is -0.948. The molecule has 0 amide bonds. The predicted molar refractivity (Wildman–Crippen MR) is 64.0 cm³/mol. The number of nitrogens with zero attached hydrogens (tertiary/aromatic N) is 2. The molecule has 0 saturated carbocycles. The van der Waals surface area contributed by atoms with E-state index >= 15 is 0 Å². The number of aromatic nitrogens is 1. The van der Waals surface area contributed by atoms with Gasteiger partial charge in [0.15, 0.2) is 0 Å². The number of carbonyl (C=O) groups is 1. The number of aromatic carboxylic acids is 1. The first-order valence-electron chi connectivity index (χ1n) is 5.57. The minimum absolute atomic E-state index is 0.216. The Hall–Kier alpha value is -1.46. The molecular formula is C12H18N2O3. The molecule has 0 unspecified atom stereocenters. The number of carboxylic acid groups (broad SMARTS) is 1. The van der Waals surface area contributed by atoms with Crippen LogP contribution in [0.2, 0.25) is 0 Å². The van der Waals surface area contributed by atoms with Gasteiger partial charge in [0, 0.05) is 26.4 Å². The van der Waals surface area contributed by atoms with Crippen molar-refractivity contribution in [2.24, 2.45) is 0 Å². The summed E-state index contributed by atoms with van der Waals surface area (Å²) in [5, 5.41) is 8.75. The normalized spacial score (nSPS) is 10.8. The molecule has 1 N–H and O–H groups in total. The molecule has 1 heterocycles. The lowest BCUT2D eigenvalue weighted by atomic mass is 10.2. The first kappa shape index (κ1) is 13.6. The summed E-state index contributed by atoms with van der Waals surface area (Å²) in [6.07, 6.45) is 1.39. The molecule has 1 aromatic rings.